The summed E-state index contributed by atoms with van der Waals surface area (Å²) in [4.78, 5) is 14.1. The zero-order valence-electron chi connectivity index (χ0n) is 11.4. The summed E-state index contributed by atoms with van der Waals surface area (Å²) in [6.07, 6.45) is 0. The van der Waals surface area contributed by atoms with Gasteiger partial charge in [-0.05, 0) is 42.3 Å². The topological polar surface area (TPSA) is 20.3 Å². The van der Waals surface area contributed by atoms with Crippen LogP contribution in [0.1, 0.15) is 21.5 Å². The van der Waals surface area contributed by atoms with E-state index in [1.807, 2.05) is 43.3 Å². The van der Waals surface area contributed by atoms with Gasteiger partial charge >= 0.3 is 0 Å². The molecule has 0 bridgehead atoms. The van der Waals surface area contributed by atoms with Crippen LogP contribution in [0.2, 0.25) is 5.02 Å². The van der Waals surface area contributed by atoms with Gasteiger partial charge in [-0.2, -0.15) is 0 Å². The Kier molecular flexibility index (Phi) is 4.84. The average molecular weight is 353 g/mol. The van der Waals surface area contributed by atoms with Crippen LogP contribution in [0, 0.1) is 6.92 Å². The van der Waals surface area contributed by atoms with Crippen molar-refractivity contribution < 1.29 is 4.79 Å². The van der Waals surface area contributed by atoms with Crippen molar-refractivity contribution >= 4 is 33.4 Å². The van der Waals surface area contributed by atoms with Crippen molar-refractivity contribution in [3.63, 3.8) is 0 Å². The van der Waals surface area contributed by atoms with Crippen LogP contribution in [-0.4, -0.2) is 17.9 Å². The Morgan fingerprint density at radius 2 is 1.95 bits per heavy atom. The van der Waals surface area contributed by atoms with E-state index < -0.39 is 0 Å². The van der Waals surface area contributed by atoms with E-state index in [9.17, 15) is 4.79 Å². The Hall–Kier alpha value is -1.32. The standard InChI is InChI=1S/C16H15BrClNO/c1-11-7-13(9-14(18)8-11)16(20)19(2)10-12-5-3-4-6-15(12)17/h3-9H,10H2,1-2H3. The van der Waals surface area contributed by atoms with Gasteiger partial charge in [-0.3, -0.25) is 4.79 Å². The number of nitrogens with zero attached hydrogens (tertiary/aromatic N) is 1. The molecule has 0 radical (unpaired) electrons. The molecular weight excluding hydrogens is 338 g/mol. The lowest BCUT2D eigenvalue weighted by atomic mass is 10.1. The van der Waals surface area contributed by atoms with Crippen LogP contribution < -0.4 is 0 Å². The zero-order chi connectivity index (χ0) is 14.7. The van der Waals surface area contributed by atoms with Gasteiger partial charge in [-0.15, -0.1) is 0 Å². The molecular formula is C16H15BrClNO. The smallest absolute Gasteiger partial charge is 0.253 e. The van der Waals surface area contributed by atoms with Crippen molar-refractivity contribution in [2.75, 3.05) is 7.05 Å². The average Bonchev–Trinajstić information content (AvgIpc) is 2.39. The van der Waals surface area contributed by atoms with E-state index >= 15 is 0 Å². The number of hydrogen-bond acceptors (Lipinski definition) is 1. The van der Waals surface area contributed by atoms with Gasteiger partial charge in [-0.25, -0.2) is 0 Å². The summed E-state index contributed by atoms with van der Waals surface area (Å²) in [7, 11) is 1.79. The minimum Gasteiger partial charge on any atom is -0.337 e. The number of amides is 1. The molecule has 0 saturated carbocycles. The second kappa shape index (κ2) is 6.42. The van der Waals surface area contributed by atoms with Crippen LogP contribution >= 0.6 is 27.5 Å². The third kappa shape index (κ3) is 3.62. The van der Waals surface area contributed by atoms with Crippen molar-refractivity contribution in [2.45, 2.75) is 13.5 Å². The minimum atomic E-state index is -0.0358. The van der Waals surface area contributed by atoms with E-state index in [-0.39, 0.29) is 5.91 Å². The Bertz CT molecular complexity index is 622. The fourth-order valence-corrected chi connectivity index (χ4v) is 2.73. The molecule has 4 heteroatoms. The Morgan fingerprint density at radius 3 is 2.60 bits per heavy atom. The van der Waals surface area contributed by atoms with Crippen molar-refractivity contribution in [3.05, 3.63) is 68.7 Å². The molecule has 2 nitrogen and oxygen atoms in total. The number of rotatable bonds is 3. The summed E-state index contributed by atoms with van der Waals surface area (Å²) in [6.45, 7) is 2.47. The lowest BCUT2D eigenvalue weighted by Gasteiger charge is -2.18. The number of carbonyl (C=O) groups excluding carboxylic acids is 1. The lowest BCUT2D eigenvalue weighted by molar-refractivity contribution is 0.0785. The highest BCUT2D eigenvalue weighted by atomic mass is 79.9. The molecule has 2 aromatic rings. The van der Waals surface area contributed by atoms with Gasteiger partial charge < -0.3 is 4.90 Å². The predicted octanol–water partition coefficient (Wildman–Crippen LogP) is 4.68. The number of halogens is 2. The summed E-state index contributed by atoms with van der Waals surface area (Å²) in [5.41, 5.74) is 2.67. The molecule has 0 N–H and O–H groups in total. The first-order chi connectivity index (χ1) is 9.47. The van der Waals surface area contributed by atoms with Crippen LogP contribution in [-0.2, 0) is 6.54 Å². The van der Waals surface area contributed by atoms with Gasteiger partial charge in [0.05, 0.1) is 0 Å². The highest BCUT2D eigenvalue weighted by molar-refractivity contribution is 9.10. The van der Waals surface area contributed by atoms with E-state index in [2.05, 4.69) is 15.9 Å². The molecule has 0 fully saturated rings. The predicted molar refractivity (Wildman–Crippen MR) is 86.1 cm³/mol. The molecule has 0 spiro atoms. The molecule has 0 unspecified atom stereocenters. The molecule has 0 heterocycles. The van der Waals surface area contributed by atoms with E-state index in [0.717, 1.165) is 15.6 Å². The van der Waals surface area contributed by atoms with Crippen LogP contribution in [0.3, 0.4) is 0 Å². The molecule has 2 aromatic carbocycles. The van der Waals surface area contributed by atoms with Crippen LogP contribution in [0.15, 0.2) is 46.9 Å². The molecule has 0 aliphatic rings. The lowest BCUT2D eigenvalue weighted by Crippen LogP contribution is -2.26. The summed E-state index contributed by atoms with van der Waals surface area (Å²) < 4.78 is 1.00. The first-order valence-electron chi connectivity index (χ1n) is 6.23. The monoisotopic (exact) mass is 351 g/mol. The van der Waals surface area contributed by atoms with Gasteiger partial charge in [0.1, 0.15) is 0 Å². The number of hydrogen-bond donors (Lipinski definition) is 0. The molecule has 1 amide bonds. The minimum absolute atomic E-state index is 0.0358. The van der Waals surface area contributed by atoms with Crippen molar-refractivity contribution in [3.8, 4) is 0 Å². The largest absolute Gasteiger partial charge is 0.337 e. The van der Waals surface area contributed by atoms with Gasteiger partial charge in [0, 0.05) is 28.7 Å². The SMILES string of the molecule is Cc1cc(Cl)cc(C(=O)N(C)Cc2ccccc2Br)c1. The van der Waals surface area contributed by atoms with E-state index in [0.29, 0.717) is 17.1 Å². The maximum atomic E-state index is 12.4. The molecule has 20 heavy (non-hydrogen) atoms. The highest BCUT2D eigenvalue weighted by Gasteiger charge is 2.14. The van der Waals surface area contributed by atoms with Gasteiger partial charge in [0.2, 0.25) is 0 Å². The molecule has 0 atom stereocenters. The normalized spacial score (nSPS) is 10.4. The highest BCUT2D eigenvalue weighted by Crippen LogP contribution is 2.20. The van der Waals surface area contributed by atoms with Crippen LogP contribution in [0.5, 0.6) is 0 Å². The third-order valence-electron chi connectivity index (χ3n) is 3.00. The van der Waals surface area contributed by atoms with Gasteiger partial charge in [0.25, 0.3) is 5.91 Å². The van der Waals surface area contributed by atoms with Gasteiger partial charge in [0.15, 0.2) is 0 Å². The fraction of sp³-hybridized carbons (Fsp3) is 0.188. The Balaban J connectivity index is 2.18. The third-order valence-corrected chi connectivity index (χ3v) is 3.99. The second-order valence-corrected chi connectivity index (χ2v) is 6.06. The maximum absolute atomic E-state index is 12.4. The summed E-state index contributed by atoms with van der Waals surface area (Å²) in [5, 5.41) is 0.586. The first-order valence-corrected chi connectivity index (χ1v) is 7.40. The van der Waals surface area contributed by atoms with Crippen molar-refractivity contribution in [2.24, 2.45) is 0 Å². The molecule has 2 rings (SSSR count). The zero-order valence-corrected chi connectivity index (χ0v) is 13.7. The molecule has 0 aliphatic carbocycles. The molecule has 104 valence electrons. The number of carbonyl (C=O) groups is 1. The molecule has 0 saturated heterocycles. The summed E-state index contributed by atoms with van der Waals surface area (Å²) >= 11 is 9.50. The van der Waals surface area contributed by atoms with E-state index in [1.165, 1.54) is 0 Å². The van der Waals surface area contributed by atoms with Gasteiger partial charge in [-0.1, -0.05) is 45.7 Å². The maximum Gasteiger partial charge on any atom is 0.253 e. The van der Waals surface area contributed by atoms with Crippen LogP contribution in [0.4, 0.5) is 0 Å². The van der Waals surface area contributed by atoms with Crippen LogP contribution in [0.25, 0.3) is 0 Å². The van der Waals surface area contributed by atoms with Crippen molar-refractivity contribution in [1.82, 2.24) is 4.90 Å². The molecule has 0 aliphatic heterocycles. The fourth-order valence-electron chi connectivity index (χ4n) is 2.03. The number of aryl methyl sites for hydroxylation is 1. The summed E-state index contributed by atoms with van der Waals surface area (Å²) in [5.74, 6) is -0.0358. The van der Waals surface area contributed by atoms with Crippen molar-refractivity contribution in [1.29, 1.82) is 0 Å². The summed E-state index contributed by atoms with van der Waals surface area (Å²) in [6, 6.07) is 13.3. The Morgan fingerprint density at radius 1 is 1.25 bits per heavy atom. The Labute approximate surface area is 132 Å². The first kappa shape index (κ1) is 15.1. The second-order valence-electron chi connectivity index (χ2n) is 4.77. The molecule has 0 aromatic heterocycles. The van der Waals surface area contributed by atoms with E-state index in [4.69, 9.17) is 11.6 Å². The van der Waals surface area contributed by atoms with E-state index in [1.54, 1.807) is 18.0 Å². The number of benzene rings is 2. The quantitative estimate of drug-likeness (QED) is 0.785.